The lowest BCUT2D eigenvalue weighted by Gasteiger charge is -2.44. The van der Waals surface area contributed by atoms with Crippen molar-refractivity contribution in [1.82, 2.24) is 15.2 Å². The maximum absolute atomic E-state index is 12.6. The zero-order valence-electron chi connectivity index (χ0n) is 17.5. The molecule has 1 N–H and O–H groups in total. The SMILES string of the molecule is CC(c1ccccc1)N1CCC(CNC(=O)c2ccccn2)(c2ccccc2)CC1. The standard InChI is InChI=1S/C26H29N3O/c1-21(22-10-4-2-5-11-22)29-18-15-26(16-19-29,23-12-6-3-7-13-23)20-28-25(30)24-14-8-9-17-27-24/h2-14,17,21H,15-16,18-20H2,1H3,(H,28,30). The van der Waals surface area contributed by atoms with Gasteiger partial charge in [0.15, 0.2) is 0 Å². The molecule has 1 saturated heterocycles. The van der Waals surface area contributed by atoms with Crippen LogP contribution in [-0.2, 0) is 5.41 Å². The fraction of sp³-hybridized carbons (Fsp3) is 0.308. The Kier molecular flexibility index (Phi) is 6.24. The highest BCUT2D eigenvalue weighted by Gasteiger charge is 2.37. The Morgan fingerprint density at radius 1 is 0.967 bits per heavy atom. The first-order valence-electron chi connectivity index (χ1n) is 10.7. The molecule has 1 aromatic heterocycles. The Bertz CT molecular complexity index is 936. The minimum Gasteiger partial charge on any atom is -0.350 e. The van der Waals surface area contributed by atoms with E-state index in [9.17, 15) is 4.79 Å². The molecule has 2 aromatic carbocycles. The number of hydrogen-bond donors (Lipinski definition) is 1. The van der Waals surface area contributed by atoms with Gasteiger partial charge in [0, 0.05) is 24.2 Å². The van der Waals surface area contributed by atoms with Gasteiger partial charge in [0.25, 0.3) is 5.91 Å². The van der Waals surface area contributed by atoms with E-state index in [-0.39, 0.29) is 11.3 Å². The molecule has 0 spiro atoms. The van der Waals surface area contributed by atoms with Crippen molar-refractivity contribution in [2.24, 2.45) is 0 Å². The molecule has 0 aliphatic carbocycles. The van der Waals surface area contributed by atoms with Crippen LogP contribution >= 0.6 is 0 Å². The fourth-order valence-electron chi connectivity index (χ4n) is 4.48. The summed E-state index contributed by atoms with van der Waals surface area (Å²) in [5.41, 5.74) is 3.07. The number of rotatable bonds is 6. The van der Waals surface area contributed by atoms with E-state index in [1.165, 1.54) is 11.1 Å². The van der Waals surface area contributed by atoms with Gasteiger partial charge in [-0.15, -0.1) is 0 Å². The molecule has 1 fully saturated rings. The quantitative estimate of drug-likeness (QED) is 0.659. The second kappa shape index (κ2) is 9.23. The molecule has 4 rings (SSSR count). The number of carbonyl (C=O) groups is 1. The largest absolute Gasteiger partial charge is 0.350 e. The predicted molar refractivity (Wildman–Crippen MR) is 120 cm³/mol. The normalized spacial score (nSPS) is 17.2. The van der Waals surface area contributed by atoms with Crippen LogP contribution in [-0.4, -0.2) is 35.4 Å². The number of nitrogens with one attached hydrogen (secondary N) is 1. The van der Waals surface area contributed by atoms with E-state index < -0.39 is 0 Å². The van der Waals surface area contributed by atoms with Gasteiger partial charge in [-0.05, 0) is 56.1 Å². The van der Waals surface area contributed by atoms with Crippen molar-refractivity contribution < 1.29 is 4.79 Å². The van der Waals surface area contributed by atoms with Crippen molar-refractivity contribution >= 4 is 5.91 Å². The van der Waals surface area contributed by atoms with Crippen LogP contribution in [0.2, 0.25) is 0 Å². The van der Waals surface area contributed by atoms with E-state index in [1.54, 1.807) is 12.3 Å². The monoisotopic (exact) mass is 399 g/mol. The van der Waals surface area contributed by atoms with Gasteiger partial charge in [0.1, 0.15) is 5.69 Å². The molecule has 0 saturated carbocycles. The number of likely N-dealkylation sites (tertiary alicyclic amines) is 1. The molecule has 0 radical (unpaired) electrons. The van der Waals surface area contributed by atoms with Crippen molar-refractivity contribution in [3.05, 3.63) is 102 Å². The van der Waals surface area contributed by atoms with E-state index in [4.69, 9.17) is 0 Å². The molecule has 1 aliphatic heterocycles. The van der Waals surface area contributed by atoms with Crippen LogP contribution in [0.25, 0.3) is 0 Å². The van der Waals surface area contributed by atoms with Crippen LogP contribution in [0.5, 0.6) is 0 Å². The number of pyridine rings is 1. The number of aromatic nitrogens is 1. The molecule has 30 heavy (non-hydrogen) atoms. The van der Waals surface area contributed by atoms with Gasteiger partial charge in [-0.25, -0.2) is 0 Å². The second-order valence-electron chi connectivity index (χ2n) is 8.17. The van der Waals surface area contributed by atoms with E-state index in [0.717, 1.165) is 25.9 Å². The van der Waals surface area contributed by atoms with Gasteiger partial charge < -0.3 is 5.32 Å². The molecule has 0 bridgehead atoms. The zero-order chi connectivity index (χ0) is 20.8. The minimum atomic E-state index is -0.106. The molecule has 154 valence electrons. The van der Waals surface area contributed by atoms with Gasteiger partial charge in [0.05, 0.1) is 0 Å². The number of hydrogen-bond acceptors (Lipinski definition) is 3. The zero-order valence-corrected chi connectivity index (χ0v) is 17.5. The molecule has 1 amide bonds. The Hall–Kier alpha value is -2.98. The van der Waals surface area contributed by atoms with Gasteiger partial charge in [-0.3, -0.25) is 14.7 Å². The van der Waals surface area contributed by atoms with Gasteiger partial charge in [0.2, 0.25) is 0 Å². The Balaban J connectivity index is 1.48. The molecule has 1 atom stereocenters. The highest BCUT2D eigenvalue weighted by molar-refractivity contribution is 5.92. The minimum absolute atomic E-state index is 0.0569. The van der Waals surface area contributed by atoms with Crippen molar-refractivity contribution in [1.29, 1.82) is 0 Å². The highest BCUT2D eigenvalue weighted by Crippen LogP contribution is 2.37. The van der Waals surface area contributed by atoms with Gasteiger partial charge in [-0.2, -0.15) is 0 Å². The van der Waals surface area contributed by atoms with E-state index >= 15 is 0 Å². The molecule has 1 aliphatic rings. The van der Waals surface area contributed by atoms with E-state index in [2.05, 4.69) is 82.8 Å². The van der Waals surface area contributed by atoms with Crippen LogP contribution in [0, 0.1) is 0 Å². The summed E-state index contributed by atoms with van der Waals surface area (Å²) >= 11 is 0. The van der Waals surface area contributed by atoms with Crippen molar-refractivity contribution in [3.63, 3.8) is 0 Å². The van der Waals surface area contributed by atoms with Crippen LogP contribution in [0.4, 0.5) is 0 Å². The topological polar surface area (TPSA) is 45.2 Å². The summed E-state index contributed by atoms with van der Waals surface area (Å²) < 4.78 is 0. The number of benzene rings is 2. The molecule has 4 heteroatoms. The predicted octanol–water partition coefficient (Wildman–Crippen LogP) is 4.61. The first kappa shape index (κ1) is 20.3. The van der Waals surface area contributed by atoms with Crippen molar-refractivity contribution in [2.75, 3.05) is 19.6 Å². The summed E-state index contributed by atoms with van der Waals surface area (Å²) in [5.74, 6) is -0.106. The van der Waals surface area contributed by atoms with Gasteiger partial charge >= 0.3 is 0 Å². The smallest absolute Gasteiger partial charge is 0.269 e. The fourth-order valence-corrected chi connectivity index (χ4v) is 4.48. The first-order valence-corrected chi connectivity index (χ1v) is 10.7. The molecule has 3 aromatic rings. The van der Waals surface area contributed by atoms with E-state index in [1.807, 2.05) is 12.1 Å². The van der Waals surface area contributed by atoms with Crippen LogP contribution < -0.4 is 5.32 Å². The average molecular weight is 400 g/mol. The summed E-state index contributed by atoms with van der Waals surface area (Å²) in [6.07, 6.45) is 3.68. The Morgan fingerprint density at radius 3 is 2.23 bits per heavy atom. The lowest BCUT2D eigenvalue weighted by atomic mass is 9.72. The van der Waals surface area contributed by atoms with Crippen LogP contribution in [0.1, 0.15) is 47.4 Å². The first-order chi connectivity index (χ1) is 14.7. The number of amides is 1. The maximum atomic E-state index is 12.6. The average Bonchev–Trinajstić information content (AvgIpc) is 2.84. The van der Waals surface area contributed by atoms with E-state index in [0.29, 0.717) is 18.3 Å². The summed E-state index contributed by atoms with van der Waals surface area (Å²) in [7, 11) is 0. The van der Waals surface area contributed by atoms with Crippen LogP contribution in [0.3, 0.4) is 0 Å². The maximum Gasteiger partial charge on any atom is 0.269 e. The molecule has 4 nitrogen and oxygen atoms in total. The summed E-state index contributed by atoms with van der Waals surface area (Å²) in [6, 6.07) is 27.1. The molecule has 1 unspecified atom stereocenters. The number of piperidine rings is 1. The van der Waals surface area contributed by atoms with Crippen molar-refractivity contribution in [3.8, 4) is 0 Å². The second-order valence-corrected chi connectivity index (χ2v) is 8.17. The van der Waals surface area contributed by atoms with Crippen molar-refractivity contribution in [2.45, 2.75) is 31.2 Å². The number of nitrogens with zero attached hydrogens (tertiary/aromatic N) is 2. The summed E-state index contributed by atoms with van der Waals surface area (Å²) in [5, 5.41) is 3.16. The molecular formula is C26H29N3O. The Labute approximate surface area is 179 Å². The third kappa shape index (κ3) is 4.44. The van der Waals surface area contributed by atoms with Crippen LogP contribution in [0.15, 0.2) is 85.1 Å². The van der Waals surface area contributed by atoms with Gasteiger partial charge in [-0.1, -0.05) is 66.7 Å². The molecule has 2 heterocycles. The lowest BCUT2D eigenvalue weighted by molar-refractivity contribution is 0.0895. The third-order valence-electron chi connectivity index (χ3n) is 6.46. The Morgan fingerprint density at radius 2 is 1.60 bits per heavy atom. The summed E-state index contributed by atoms with van der Waals surface area (Å²) in [4.78, 5) is 19.4. The lowest BCUT2D eigenvalue weighted by Crippen LogP contribution is -2.49. The molecular weight excluding hydrogens is 370 g/mol. The summed E-state index contributed by atoms with van der Waals surface area (Å²) in [6.45, 7) is 4.92. The highest BCUT2D eigenvalue weighted by atomic mass is 16.1. The number of carbonyl (C=O) groups excluding carboxylic acids is 1. The third-order valence-corrected chi connectivity index (χ3v) is 6.46.